The number of H-pyrrole nitrogens is 1. The normalized spacial score (nSPS) is 19.1. The number of nitrogens with one attached hydrogen (secondary N) is 1. The summed E-state index contributed by atoms with van der Waals surface area (Å²) in [5.41, 5.74) is 15.0. The van der Waals surface area contributed by atoms with E-state index in [-0.39, 0.29) is 5.96 Å². The summed E-state index contributed by atoms with van der Waals surface area (Å²) in [7, 11) is 0. The lowest BCUT2D eigenvalue weighted by Gasteiger charge is -2.46. The minimum atomic E-state index is -0.439. The Bertz CT molecular complexity index is 889. The zero-order valence-corrected chi connectivity index (χ0v) is 16.5. The van der Waals surface area contributed by atoms with Crippen molar-refractivity contribution < 1.29 is 0 Å². The number of aryl methyl sites for hydroxylation is 2. The van der Waals surface area contributed by atoms with Gasteiger partial charge in [-0.1, -0.05) is 30.3 Å². The standard InChI is InChI=1S/C19H25N7S/c1-12-16(13(2)25-24-12)27-15-9-5-4-8-14(15)26-18(21)22-17(20)23-19(26)10-6-3-7-11-19/h4-5,8-9H,3,6-7,10-11H2,1-2H3,(H,24,25)(H4,20,21,22,23). The van der Waals surface area contributed by atoms with Gasteiger partial charge in [0.2, 0.25) is 11.9 Å². The molecule has 0 radical (unpaired) electrons. The Morgan fingerprint density at radius 1 is 1.11 bits per heavy atom. The molecule has 1 aromatic heterocycles. The number of hydrogen-bond acceptors (Lipinski definition) is 7. The van der Waals surface area contributed by atoms with Gasteiger partial charge in [-0.25, -0.2) is 4.99 Å². The Morgan fingerprint density at radius 2 is 1.85 bits per heavy atom. The molecule has 1 aliphatic heterocycles. The molecule has 1 spiro atoms. The Hall–Kier alpha value is -2.48. The van der Waals surface area contributed by atoms with Crippen molar-refractivity contribution in [3.05, 3.63) is 35.7 Å². The quantitative estimate of drug-likeness (QED) is 0.753. The van der Waals surface area contributed by atoms with E-state index in [1.54, 1.807) is 11.8 Å². The van der Waals surface area contributed by atoms with Gasteiger partial charge >= 0.3 is 0 Å². The van der Waals surface area contributed by atoms with Gasteiger partial charge in [-0.05, 0) is 51.7 Å². The Balaban J connectivity index is 1.79. The van der Waals surface area contributed by atoms with Gasteiger partial charge in [0.15, 0.2) is 0 Å². The summed E-state index contributed by atoms with van der Waals surface area (Å²) < 4.78 is 0. The monoisotopic (exact) mass is 383 g/mol. The molecule has 5 N–H and O–H groups in total. The van der Waals surface area contributed by atoms with Crippen LogP contribution in [0.1, 0.15) is 43.5 Å². The molecular weight excluding hydrogens is 358 g/mol. The molecule has 2 heterocycles. The summed E-state index contributed by atoms with van der Waals surface area (Å²) in [6, 6.07) is 8.26. The highest BCUT2D eigenvalue weighted by Gasteiger charge is 2.43. The van der Waals surface area contributed by atoms with Gasteiger partial charge in [0.1, 0.15) is 5.66 Å². The van der Waals surface area contributed by atoms with Crippen molar-refractivity contribution in [3.8, 4) is 0 Å². The Labute approximate surface area is 163 Å². The predicted octanol–water partition coefficient (Wildman–Crippen LogP) is 3.29. The van der Waals surface area contributed by atoms with Crippen molar-refractivity contribution in [3.63, 3.8) is 0 Å². The molecule has 142 valence electrons. The minimum absolute atomic E-state index is 0.275. The van der Waals surface area contributed by atoms with Crippen molar-refractivity contribution >= 4 is 29.4 Å². The van der Waals surface area contributed by atoms with E-state index in [9.17, 15) is 0 Å². The first-order valence-corrected chi connectivity index (χ1v) is 10.1. The Morgan fingerprint density at radius 3 is 2.56 bits per heavy atom. The number of hydrogen-bond donors (Lipinski definition) is 3. The number of aliphatic imine (C=N–C) groups is 2. The van der Waals surface area contributed by atoms with E-state index in [0.29, 0.717) is 5.96 Å². The summed E-state index contributed by atoms with van der Waals surface area (Å²) >= 11 is 1.69. The molecule has 1 aromatic carbocycles. The molecule has 0 amide bonds. The van der Waals surface area contributed by atoms with E-state index in [0.717, 1.165) is 52.5 Å². The number of nitrogens with two attached hydrogens (primary N) is 2. The highest BCUT2D eigenvalue weighted by Crippen LogP contribution is 2.44. The number of guanidine groups is 2. The van der Waals surface area contributed by atoms with Crippen LogP contribution in [0.15, 0.2) is 44.0 Å². The van der Waals surface area contributed by atoms with Gasteiger partial charge in [-0.3, -0.25) is 10.00 Å². The SMILES string of the molecule is Cc1n[nH]c(C)c1Sc1ccccc1N1C(N)=NC(N)=NC12CCCCC2. The summed E-state index contributed by atoms with van der Waals surface area (Å²) in [6.45, 7) is 4.05. The second kappa shape index (κ2) is 6.92. The highest BCUT2D eigenvalue weighted by molar-refractivity contribution is 7.99. The van der Waals surface area contributed by atoms with Crippen LogP contribution in [0.25, 0.3) is 0 Å². The second-order valence-electron chi connectivity index (χ2n) is 7.15. The summed E-state index contributed by atoms with van der Waals surface area (Å²) in [5, 5.41) is 7.37. The minimum Gasteiger partial charge on any atom is -0.369 e. The zero-order chi connectivity index (χ0) is 19.0. The van der Waals surface area contributed by atoms with Gasteiger partial charge in [-0.15, -0.1) is 0 Å². The number of para-hydroxylation sites is 1. The number of rotatable bonds is 3. The van der Waals surface area contributed by atoms with Crippen LogP contribution in [0.5, 0.6) is 0 Å². The van der Waals surface area contributed by atoms with E-state index in [4.69, 9.17) is 16.5 Å². The maximum Gasteiger partial charge on any atom is 0.220 e. The molecule has 27 heavy (non-hydrogen) atoms. The fraction of sp³-hybridized carbons (Fsp3) is 0.421. The highest BCUT2D eigenvalue weighted by atomic mass is 32.2. The van der Waals surface area contributed by atoms with Crippen molar-refractivity contribution in [2.45, 2.75) is 61.4 Å². The molecule has 2 aliphatic rings. The van der Waals surface area contributed by atoms with Gasteiger partial charge in [0, 0.05) is 10.6 Å². The number of aromatic nitrogens is 2. The number of nitrogens with zero attached hydrogens (tertiary/aromatic N) is 4. The summed E-state index contributed by atoms with van der Waals surface area (Å²) in [4.78, 5) is 13.4. The van der Waals surface area contributed by atoms with Crippen molar-refractivity contribution in [1.29, 1.82) is 0 Å². The smallest absolute Gasteiger partial charge is 0.220 e. The van der Waals surface area contributed by atoms with Crippen molar-refractivity contribution in [2.24, 2.45) is 21.5 Å². The van der Waals surface area contributed by atoms with Crippen LogP contribution in [0, 0.1) is 13.8 Å². The number of anilines is 1. The van der Waals surface area contributed by atoms with E-state index < -0.39 is 5.66 Å². The van der Waals surface area contributed by atoms with Gasteiger partial charge in [-0.2, -0.15) is 10.1 Å². The van der Waals surface area contributed by atoms with Crippen LogP contribution in [-0.2, 0) is 0 Å². The lowest BCUT2D eigenvalue weighted by molar-refractivity contribution is 0.305. The molecular formula is C19H25N7S. The molecule has 7 nitrogen and oxygen atoms in total. The molecule has 1 aliphatic carbocycles. The Kier molecular flexibility index (Phi) is 4.59. The third kappa shape index (κ3) is 3.18. The van der Waals surface area contributed by atoms with E-state index >= 15 is 0 Å². The third-order valence-electron chi connectivity index (χ3n) is 5.23. The molecule has 8 heteroatoms. The molecule has 1 saturated carbocycles. The maximum absolute atomic E-state index is 6.40. The second-order valence-corrected chi connectivity index (χ2v) is 8.20. The molecule has 0 atom stereocenters. The van der Waals surface area contributed by atoms with Crippen LogP contribution >= 0.6 is 11.8 Å². The topological polar surface area (TPSA) is 109 Å². The average Bonchev–Trinajstić information content (AvgIpc) is 2.95. The fourth-order valence-corrected chi connectivity index (χ4v) is 5.02. The lowest BCUT2D eigenvalue weighted by Crippen LogP contribution is -2.58. The lowest BCUT2D eigenvalue weighted by atomic mass is 9.87. The van der Waals surface area contributed by atoms with Gasteiger partial charge in [0.05, 0.1) is 16.3 Å². The third-order valence-corrected chi connectivity index (χ3v) is 6.60. The first-order chi connectivity index (χ1) is 13.0. The van der Waals surface area contributed by atoms with Crippen LogP contribution < -0.4 is 16.4 Å². The summed E-state index contributed by atoms with van der Waals surface area (Å²) in [5.74, 6) is 0.690. The number of aromatic amines is 1. The first-order valence-electron chi connectivity index (χ1n) is 9.28. The molecule has 0 unspecified atom stereocenters. The molecule has 0 saturated heterocycles. The van der Waals surface area contributed by atoms with Crippen LogP contribution in [0.3, 0.4) is 0 Å². The molecule has 4 rings (SSSR count). The van der Waals surface area contributed by atoms with E-state index in [1.807, 2.05) is 26.0 Å². The van der Waals surface area contributed by atoms with Crippen LogP contribution in [-0.4, -0.2) is 27.8 Å². The average molecular weight is 384 g/mol. The molecule has 1 fully saturated rings. The summed E-state index contributed by atoms with van der Waals surface area (Å²) in [6.07, 6.45) is 5.27. The number of benzene rings is 1. The predicted molar refractivity (Wildman–Crippen MR) is 110 cm³/mol. The fourth-order valence-electron chi connectivity index (χ4n) is 4.00. The van der Waals surface area contributed by atoms with Crippen molar-refractivity contribution in [2.75, 3.05) is 4.90 Å². The molecule has 2 aromatic rings. The van der Waals surface area contributed by atoms with Crippen LogP contribution in [0.2, 0.25) is 0 Å². The van der Waals surface area contributed by atoms with Gasteiger partial charge < -0.3 is 11.5 Å². The first kappa shape index (κ1) is 17.9. The van der Waals surface area contributed by atoms with E-state index in [1.165, 1.54) is 6.42 Å². The largest absolute Gasteiger partial charge is 0.369 e. The van der Waals surface area contributed by atoms with Crippen molar-refractivity contribution in [1.82, 2.24) is 10.2 Å². The molecule has 0 bridgehead atoms. The van der Waals surface area contributed by atoms with Gasteiger partial charge in [0.25, 0.3) is 0 Å². The zero-order valence-electron chi connectivity index (χ0n) is 15.7. The van der Waals surface area contributed by atoms with Crippen LogP contribution in [0.4, 0.5) is 5.69 Å². The maximum atomic E-state index is 6.40. The van der Waals surface area contributed by atoms with E-state index in [2.05, 4.69) is 32.2 Å².